The molecule has 10 heteroatoms. The van der Waals surface area contributed by atoms with E-state index in [1.807, 2.05) is 13.8 Å². The fourth-order valence-corrected chi connectivity index (χ4v) is 3.92. The van der Waals surface area contributed by atoms with Crippen LogP contribution in [0.25, 0.3) is 17.0 Å². The summed E-state index contributed by atoms with van der Waals surface area (Å²) >= 11 is 0. The van der Waals surface area contributed by atoms with Gasteiger partial charge >= 0.3 is 17.6 Å². The van der Waals surface area contributed by atoms with Crippen LogP contribution in [0.15, 0.2) is 59.4 Å². The maximum Gasteiger partial charge on any atom is 0.376 e. The minimum Gasteiger partial charge on any atom is -0.507 e. The van der Waals surface area contributed by atoms with Crippen LogP contribution in [-0.2, 0) is 20.9 Å². The molecule has 3 aromatic rings. The van der Waals surface area contributed by atoms with E-state index in [1.54, 1.807) is 43.3 Å². The number of carboxylic acids is 1. The molecule has 1 aromatic heterocycles. The fraction of sp³-hybridized carbons (Fsp3) is 0.250. The minimum atomic E-state index is -1.68. The third kappa shape index (κ3) is 6.15. The molecular formula is C28H28N2O8. The second-order valence-corrected chi connectivity index (χ2v) is 8.59. The molecule has 10 nitrogen and oxygen atoms in total. The summed E-state index contributed by atoms with van der Waals surface area (Å²) in [6.07, 6.45) is 0.617. The van der Waals surface area contributed by atoms with Crippen molar-refractivity contribution >= 4 is 23.5 Å². The molecule has 2 N–H and O–H groups in total. The molecule has 0 bridgehead atoms. The summed E-state index contributed by atoms with van der Waals surface area (Å²) in [5, 5.41) is 18.8. The lowest BCUT2D eigenvalue weighted by Crippen LogP contribution is -2.31. The predicted octanol–water partition coefficient (Wildman–Crippen LogP) is 3.82. The van der Waals surface area contributed by atoms with Gasteiger partial charge in [-0.25, -0.2) is 14.4 Å². The molecule has 38 heavy (non-hydrogen) atoms. The Morgan fingerprint density at radius 2 is 1.66 bits per heavy atom. The molecule has 198 valence electrons. The van der Waals surface area contributed by atoms with Gasteiger partial charge in [-0.2, -0.15) is 4.98 Å². The zero-order valence-electron chi connectivity index (χ0n) is 21.4. The van der Waals surface area contributed by atoms with Gasteiger partial charge < -0.3 is 19.7 Å². The van der Waals surface area contributed by atoms with Crippen molar-refractivity contribution in [3.05, 3.63) is 87.5 Å². The number of carbonyl (C=O) groups is 3. The highest BCUT2D eigenvalue weighted by molar-refractivity contribution is 6.38. The van der Waals surface area contributed by atoms with Crippen LogP contribution in [0.3, 0.4) is 0 Å². The SMILES string of the molecule is CCOC(=O)c1c(-c2ccc(OC)cc2)nc(=O)n(Cc2ccc(C(O)=CC(=O)C(=O)O)cc2)c1C(C)C. The Balaban J connectivity index is 2.11. The summed E-state index contributed by atoms with van der Waals surface area (Å²) in [7, 11) is 1.54. The van der Waals surface area contributed by atoms with Crippen molar-refractivity contribution in [2.24, 2.45) is 0 Å². The van der Waals surface area contributed by atoms with Crippen molar-refractivity contribution in [2.75, 3.05) is 13.7 Å². The van der Waals surface area contributed by atoms with Crippen LogP contribution in [0.4, 0.5) is 0 Å². The number of nitrogens with zero attached hydrogens (tertiary/aromatic N) is 2. The Bertz CT molecular complexity index is 1440. The smallest absolute Gasteiger partial charge is 0.376 e. The largest absolute Gasteiger partial charge is 0.507 e. The van der Waals surface area contributed by atoms with Gasteiger partial charge in [0, 0.05) is 22.9 Å². The number of carboxylic acid groups (broad SMARTS) is 1. The number of methoxy groups -OCH3 is 1. The molecule has 0 unspecified atom stereocenters. The first-order valence-electron chi connectivity index (χ1n) is 11.8. The van der Waals surface area contributed by atoms with Crippen molar-refractivity contribution in [2.45, 2.75) is 33.2 Å². The number of aliphatic hydroxyl groups excluding tert-OH is 1. The highest BCUT2D eigenvalue weighted by Crippen LogP contribution is 2.30. The van der Waals surface area contributed by atoms with E-state index in [9.17, 15) is 24.3 Å². The van der Waals surface area contributed by atoms with Crippen LogP contribution in [0.1, 0.15) is 53.9 Å². The molecule has 1 heterocycles. The average Bonchev–Trinajstić information content (AvgIpc) is 2.89. The van der Waals surface area contributed by atoms with E-state index in [4.69, 9.17) is 14.6 Å². The number of ether oxygens (including phenoxy) is 2. The highest BCUT2D eigenvalue weighted by Gasteiger charge is 2.27. The fourth-order valence-electron chi connectivity index (χ4n) is 3.92. The second kappa shape index (κ2) is 12.0. The summed E-state index contributed by atoms with van der Waals surface area (Å²) in [6, 6.07) is 13.1. The number of aromatic nitrogens is 2. The standard InChI is InChI=1S/C28H28N2O8/c1-5-38-27(35)23-24(19-10-12-20(37-4)13-11-19)29-28(36)30(25(23)16(2)3)15-17-6-8-18(9-7-17)21(31)14-22(32)26(33)34/h6-14,16,31H,5,15H2,1-4H3,(H,33,34). The van der Waals surface area contributed by atoms with Crippen LogP contribution < -0.4 is 10.4 Å². The Labute approximate surface area is 218 Å². The predicted molar refractivity (Wildman–Crippen MR) is 139 cm³/mol. The van der Waals surface area contributed by atoms with Gasteiger partial charge in [0.2, 0.25) is 0 Å². The Kier molecular flexibility index (Phi) is 8.80. The molecule has 0 atom stereocenters. The number of hydrogen-bond donors (Lipinski definition) is 2. The molecule has 0 aliphatic rings. The van der Waals surface area contributed by atoms with Crippen molar-refractivity contribution in [3.63, 3.8) is 0 Å². The topological polar surface area (TPSA) is 145 Å². The monoisotopic (exact) mass is 520 g/mol. The van der Waals surface area contributed by atoms with Gasteiger partial charge in [0.05, 0.1) is 26.0 Å². The van der Waals surface area contributed by atoms with Gasteiger partial charge in [-0.05, 0) is 42.7 Å². The number of benzene rings is 2. The van der Waals surface area contributed by atoms with E-state index in [1.165, 1.54) is 23.8 Å². The lowest BCUT2D eigenvalue weighted by Gasteiger charge is -2.21. The first kappa shape index (κ1) is 27.9. The summed E-state index contributed by atoms with van der Waals surface area (Å²) in [6.45, 7) is 5.61. The Hall–Kier alpha value is -4.73. The maximum absolute atomic E-state index is 13.3. The average molecular weight is 521 g/mol. The van der Waals surface area contributed by atoms with Crippen molar-refractivity contribution in [1.29, 1.82) is 0 Å². The summed E-state index contributed by atoms with van der Waals surface area (Å²) in [5.41, 5.74) is 1.71. The third-order valence-electron chi connectivity index (χ3n) is 5.68. The molecule has 0 spiro atoms. The molecule has 0 saturated carbocycles. The van der Waals surface area contributed by atoms with Crippen LogP contribution in [0.5, 0.6) is 5.75 Å². The molecule has 0 aliphatic carbocycles. The molecular weight excluding hydrogens is 492 g/mol. The molecule has 0 amide bonds. The number of aliphatic carboxylic acids is 1. The molecule has 0 fully saturated rings. The zero-order chi connectivity index (χ0) is 28.0. The summed E-state index contributed by atoms with van der Waals surface area (Å²) < 4.78 is 11.9. The normalized spacial score (nSPS) is 11.3. The van der Waals surface area contributed by atoms with Gasteiger partial charge in [-0.15, -0.1) is 0 Å². The third-order valence-corrected chi connectivity index (χ3v) is 5.68. The first-order valence-corrected chi connectivity index (χ1v) is 11.8. The van der Waals surface area contributed by atoms with Crippen LogP contribution in [0.2, 0.25) is 0 Å². The van der Waals surface area contributed by atoms with Gasteiger partial charge in [0.1, 0.15) is 17.1 Å². The Morgan fingerprint density at radius 1 is 1.03 bits per heavy atom. The van der Waals surface area contributed by atoms with E-state index in [0.29, 0.717) is 28.6 Å². The number of aliphatic hydroxyl groups is 1. The molecule has 3 rings (SSSR count). The number of carbonyl (C=O) groups excluding carboxylic acids is 2. The lowest BCUT2D eigenvalue weighted by molar-refractivity contribution is -0.146. The van der Waals surface area contributed by atoms with Gasteiger partial charge in [0.15, 0.2) is 0 Å². The molecule has 0 saturated heterocycles. The van der Waals surface area contributed by atoms with Crippen LogP contribution in [-0.4, -0.2) is 51.2 Å². The van der Waals surface area contributed by atoms with Crippen molar-refractivity contribution in [1.82, 2.24) is 9.55 Å². The first-order chi connectivity index (χ1) is 18.1. The van der Waals surface area contributed by atoms with Gasteiger partial charge in [0.25, 0.3) is 5.78 Å². The second-order valence-electron chi connectivity index (χ2n) is 8.59. The minimum absolute atomic E-state index is 0.0630. The van der Waals surface area contributed by atoms with E-state index < -0.39 is 29.2 Å². The van der Waals surface area contributed by atoms with Crippen molar-refractivity contribution < 1.29 is 34.1 Å². The van der Waals surface area contributed by atoms with Gasteiger partial charge in [-0.3, -0.25) is 9.36 Å². The van der Waals surface area contributed by atoms with Crippen LogP contribution in [0, 0.1) is 0 Å². The van der Waals surface area contributed by atoms with Gasteiger partial charge in [-0.1, -0.05) is 38.1 Å². The van der Waals surface area contributed by atoms with E-state index in [2.05, 4.69) is 4.98 Å². The van der Waals surface area contributed by atoms with Crippen molar-refractivity contribution in [3.8, 4) is 17.0 Å². The number of esters is 1. The maximum atomic E-state index is 13.3. The molecule has 0 radical (unpaired) electrons. The Morgan fingerprint density at radius 3 is 2.18 bits per heavy atom. The van der Waals surface area contributed by atoms with E-state index in [0.717, 1.165) is 0 Å². The number of hydrogen-bond acceptors (Lipinski definition) is 8. The highest BCUT2D eigenvalue weighted by atomic mass is 16.5. The number of ketones is 1. The molecule has 2 aromatic carbocycles. The summed E-state index contributed by atoms with van der Waals surface area (Å²) in [4.78, 5) is 52.8. The van der Waals surface area contributed by atoms with E-state index in [-0.39, 0.29) is 35.9 Å². The van der Waals surface area contributed by atoms with E-state index >= 15 is 0 Å². The van der Waals surface area contributed by atoms with Crippen LogP contribution >= 0.6 is 0 Å². The summed E-state index contributed by atoms with van der Waals surface area (Å²) in [5.74, 6) is -3.68. The zero-order valence-corrected chi connectivity index (χ0v) is 21.4. The number of rotatable bonds is 10. The lowest BCUT2D eigenvalue weighted by atomic mass is 9.97. The quantitative estimate of drug-likeness (QED) is 0.176. The molecule has 0 aliphatic heterocycles.